The van der Waals surface area contributed by atoms with Crippen molar-refractivity contribution < 1.29 is 32.2 Å². The summed E-state index contributed by atoms with van der Waals surface area (Å²) >= 11 is 0. The van der Waals surface area contributed by atoms with Crippen molar-refractivity contribution in [3.05, 3.63) is 72.3 Å². The maximum absolute atomic E-state index is 13.8. The Labute approximate surface area is 223 Å². The van der Waals surface area contributed by atoms with E-state index in [1.807, 2.05) is 26.0 Å². The second-order valence-electron chi connectivity index (χ2n) is 9.45. The van der Waals surface area contributed by atoms with Crippen LogP contribution in [0.3, 0.4) is 0 Å². The molecule has 1 atom stereocenters. The number of nitrogens with zero attached hydrogens (tertiary/aromatic N) is 1. The first-order chi connectivity index (χ1) is 18.1. The number of rotatable bonds is 9. The largest absolute Gasteiger partial charge is 0.497 e. The SMILES string of the molecule is COc1ccc2c(c1)C(NC(=O)CN(c1ccccc1)S(=O)(=O)c1ccc(OC)c(OC)c1)CC(C)(C)O2. The van der Waals surface area contributed by atoms with Gasteiger partial charge < -0.3 is 24.3 Å². The zero-order valence-electron chi connectivity index (χ0n) is 22.1. The number of hydrogen-bond acceptors (Lipinski definition) is 7. The number of para-hydroxylation sites is 1. The molecule has 0 saturated carbocycles. The summed E-state index contributed by atoms with van der Waals surface area (Å²) in [6.07, 6.45) is 0.493. The van der Waals surface area contributed by atoms with Gasteiger partial charge in [-0.1, -0.05) is 18.2 Å². The lowest BCUT2D eigenvalue weighted by molar-refractivity contribution is -0.120. The van der Waals surface area contributed by atoms with Crippen molar-refractivity contribution in [2.75, 3.05) is 32.2 Å². The van der Waals surface area contributed by atoms with Crippen LogP contribution in [0.25, 0.3) is 0 Å². The number of carbonyl (C=O) groups excluding carboxylic acids is 1. The van der Waals surface area contributed by atoms with Crippen LogP contribution in [0.15, 0.2) is 71.6 Å². The number of sulfonamides is 1. The van der Waals surface area contributed by atoms with Crippen LogP contribution in [0.4, 0.5) is 5.69 Å². The Hall–Kier alpha value is -3.92. The molecular formula is C28H32N2O7S. The lowest BCUT2D eigenvalue weighted by atomic mass is 9.89. The Morgan fingerprint density at radius 3 is 2.34 bits per heavy atom. The molecule has 10 heteroatoms. The zero-order chi connectivity index (χ0) is 27.5. The molecule has 1 N–H and O–H groups in total. The third kappa shape index (κ3) is 5.65. The topological polar surface area (TPSA) is 103 Å². The monoisotopic (exact) mass is 540 g/mol. The van der Waals surface area contributed by atoms with Crippen molar-refractivity contribution in [1.29, 1.82) is 0 Å². The summed E-state index contributed by atoms with van der Waals surface area (Å²) in [5, 5.41) is 3.02. The highest BCUT2D eigenvalue weighted by Gasteiger charge is 2.36. The van der Waals surface area contributed by atoms with Crippen molar-refractivity contribution in [3.8, 4) is 23.0 Å². The summed E-state index contributed by atoms with van der Waals surface area (Å²) in [4.78, 5) is 13.4. The van der Waals surface area contributed by atoms with E-state index in [4.69, 9.17) is 18.9 Å². The predicted molar refractivity (Wildman–Crippen MR) is 144 cm³/mol. The third-order valence-electron chi connectivity index (χ3n) is 6.28. The van der Waals surface area contributed by atoms with Crippen molar-refractivity contribution in [1.82, 2.24) is 5.32 Å². The number of methoxy groups -OCH3 is 3. The fourth-order valence-corrected chi connectivity index (χ4v) is 5.91. The first-order valence-corrected chi connectivity index (χ1v) is 13.5. The molecule has 0 radical (unpaired) electrons. The molecule has 38 heavy (non-hydrogen) atoms. The second kappa shape index (κ2) is 10.8. The van der Waals surface area contributed by atoms with Gasteiger partial charge in [0.25, 0.3) is 10.0 Å². The minimum Gasteiger partial charge on any atom is -0.497 e. The van der Waals surface area contributed by atoms with E-state index in [0.29, 0.717) is 29.4 Å². The number of ether oxygens (including phenoxy) is 4. The molecule has 1 unspecified atom stereocenters. The molecule has 0 fully saturated rings. The summed E-state index contributed by atoms with van der Waals surface area (Å²) in [6, 6.07) is 17.8. The Bertz CT molecular complexity index is 1410. The van der Waals surface area contributed by atoms with E-state index in [0.717, 1.165) is 9.87 Å². The van der Waals surface area contributed by atoms with Crippen LogP contribution in [0.5, 0.6) is 23.0 Å². The van der Waals surface area contributed by atoms with Crippen LogP contribution < -0.4 is 28.6 Å². The summed E-state index contributed by atoms with van der Waals surface area (Å²) in [5.74, 6) is 1.47. The Morgan fingerprint density at radius 2 is 1.68 bits per heavy atom. The maximum atomic E-state index is 13.8. The molecular weight excluding hydrogens is 508 g/mol. The average Bonchev–Trinajstić information content (AvgIpc) is 2.90. The van der Waals surface area contributed by atoms with E-state index >= 15 is 0 Å². The van der Waals surface area contributed by atoms with Crippen LogP contribution in [0, 0.1) is 0 Å². The maximum Gasteiger partial charge on any atom is 0.264 e. The summed E-state index contributed by atoms with van der Waals surface area (Å²) in [5.41, 5.74) is 0.586. The minimum absolute atomic E-state index is 0.0333. The van der Waals surface area contributed by atoms with Crippen molar-refractivity contribution in [3.63, 3.8) is 0 Å². The van der Waals surface area contributed by atoms with E-state index in [1.165, 1.54) is 32.4 Å². The first kappa shape index (κ1) is 27.1. The Kier molecular flexibility index (Phi) is 7.73. The van der Waals surface area contributed by atoms with Gasteiger partial charge in [0.2, 0.25) is 5.91 Å². The summed E-state index contributed by atoms with van der Waals surface area (Å²) < 4.78 is 50.7. The molecule has 3 aromatic rings. The minimum atomic E-state index is -4.15. The summed E-state index contributed by atoms with van der Waals surface area (Å²) in [7, 11) is 0.319. The van der Waals surface area contributed by atoms with Gasteiger partial charge in [0.15, 0.2) is 11.5 Å². The van der Waals surface area contributed by atoms with Gasteiger partial charge in [-0.15, -0.1) is 0 Å². The fraction of sp³-hybridized carbons (Fsp3) is 0.321. The number of fused-ring (bicyclic) bond motifs is 1. The molecule has 0 saturated heterocycles. The number of hydrogen-bond donors (Lipinski definition) is 1. The molecule has 9 nitrogen and oxygen atoms in total. The number of amides is 1. The van der Waals surface area contributed by atoms with Gasteiger partial charge in [0.1, 0.15) is 23.6 Å². The molecule has 0 aliphatic carbocycles. The van der Waals surface area contributed by atoms with Gasteiger partial charge in [-0.3, -0.25) is 9.10 Å². The normalized spacial score (nSPS) is 16.0. The van der Waals surface area contributed by atoms with Gasteiger partial charge in [0.05, 0.1) is 38.0 Å². The zero-order valence-corrected chi connectivity index (χ0v) is 22.9. The van der Waals surface area contributed by atoms with Crippen molar-refractivity contribution in [2.24, 2.45) is 0 Å². The van der Waals surface area contributed by atoms with E-state index in [2.05, 4.69) is 5.32 Å². The van der Waals surface area contributed by atoms with E-state index in [-0.39, 0.29) is 10.6 Å². The van der Waals surface area contributed by atoms with Crippen LogP contribution in [0.1, 0.15) is 31.9 Å². The number of benzene rings is 3. The molecule has 1 heterocycles. The van der Waals surface area contributed by atoms with Gasteiger partial charge in [-0.25, -0.2) is 8.42 Å². The quantitative estimate of drug-likeness (QED) is 0.431. The molecule has 1 aliphatic rings. The molecule has 4 rings (SSSR count). The van der Waals surface area contributed by atoms with Crippen LogP contribution in [-0.2, 0) is 14.8 Å². The molecule has 1 aliphatic heterocycles. The van der Waals surface area contributed by atoms with Crippen LogP contribution >= 0.6 is 0 Å². The molecule has 202 valence electrons. The van der Waals surface area contributed by atoms with Gasteiger partial charge in [-0.05, 0) is 56.3 Å². The summed E-state index contributed by atoms with van der Waals surface area (Å²) in [6.45, 7) is 3.45. The average molecular weight is 541 g/mol. The second-order valence-corrected chi connectivity index (χ2v) is 11.3. The van der Waals surface area contributed by atoms with Gasteiger partial charge in [0, 0.05) is 18.1 Å². The standard InChI is InChI=1S/C28H32N2O7S/c1-28(2)17-23(22-15-20(34-3)11-13-24(22)37-28)29-27(31)18-30(19-9-7-6-8-10-19)38(32,33)21-12-14-25(35-4)26(16-21)36-5/h6-16,23H,17-18H2,1-5H3,(H,29,31). The van der Waals surface area contributed by atoms with E-state index in [9.17, 15) is 13.2 Å². The number of anilines is 1. The van der Waals surface area contributed by atoms with Gasteiger partial charge in [-0.2, -0.15) is 0 Å². The fourth-order valence-electron chi connectivity index (χ4n) is 4.47. The molecule has 1 amide bonds. The van der Waals surface area contributed by atoms with E-state index < -0.39 is 34.1 Å². The Morgan fingerprint density at radius 1 is 0.974 bits per heavy atom. The van der Waals surface area contributed by atoms with Crippen LogP contribution in [-0.4, -0.2) is 47.8 Å². The van der Waals surface area contributed by atoms with Crippen molar-refractivity contribution >= 4 is 21.6 Å². The number of carbonyl (C=O) groups is 1. The lowest BCUT2D eigenvalue weighted by Crippen LogP contribution is -2.45. The van der Waals surface area contributed by atoms with Gasteiger partial charge >= 0.3 is 0 Å². The predicted octanol–water partition coefficient (Wildman–Crippen LogP) is 4.33. The first-order valence-electron chi connectivity index (χ1n) is 12.0. The lowest BCUT2D eigenvalue weighted by Gasteiger charge is -2.38. The molecule has 0 bridgehead atoms. The van der Waals surface area contributed by atoms with Crippen LogP contribution in [0.2, 0.25) is 0 Å². The third-order valence-corrected chi connectivity index (χ3v) is 8.05. The molecule has 0 spiro atoms. The number of nitrogens with one attached hydrogen (secondary N) is 1. The highest BCUT2D eigenvalue weighted by Crippen LogP contribution is 2.41. The highest BCUT2D eigenvalue weighted by molar-refractivity contribution is 7.92. The molecule has 3 aromatic carbocycles. The highest BCUT2D eigenvalue weighted by atomic mass is 32.2. The van der Waals surface area contributed by atoms with E-state index in [1.54, 1.807) is 43.5 Å². The molecule has 0 aromatic heterocycles. The van der Waals surface area contributed by atoms with Crippen molar-refractivity contribution in [2.45, 2.75) is 36.8 Å². The Balaban J connectivity index is 1.66. The smallest absolute Gasteiger partial charge is 0.264 e.